The molecule has 5 nitrogen and oxygen atoms in total. The summed E-state index contributed by atoms with van der Waals surface area (Å²) in [7, 11) is 0. The van der Waals surface area contributed by atoms with E-state index < -0.39 is 12.1 Å². The molecule has 1 aromatic heterocycles. The van der Waals surface area contributed by atoms with Crippen LogP contribution >= 0.6 is 11.3 Å². The minimum Gasteiger partial charge on any atom is -0.431 e. The Balaban J connectivity index is 1.62. The highest BCUT2D eigenvalue weighted by Crippen LogP contribution is 2.36. The van der Waals surface area contributed by atoms with Gasteiger partial charge in [-0.3, -0.25) is 0 Å². The third-order valence-corrected chi connectivity index (χ3v) is 4.51. The Kier molecular flexibility index (Phi) is 5.24. The number of ether oxygens (including phenoxy) is 1. The molecule has 0 atom stereocenters. The van der Waals surface area contributed by atoms with Crippen LogP contribution in [0.4, 0.5) is 13.2 Å². The van der Waals surface area contributed by atoms with Crippen LogP contribution in [0.2, 0.25) is 0 Å². The first-order valence-corrected chi connectivity index (χ1v) is 8.52. The van der Waals surface area contributed by atoms with E-state index in [9.17, 15) is 18.0 Å². The van der Waals surface area contributed by atoms with E-state index in [4.69, 9.17) is 4.74 Å². The second-order valence-electron chi connectivity index (χ2n) is 5.52. The normalized spacial score (nSPS) is 16.6. The molecule has 25 heavy (non-hydrogen) atoms. The number of alkyl halides is 3. The van der Waals surface area contributed by atoms with Crippen molar-refractivity contribution >= 4 is 17.3 Å². The van der Waals surface area contributed by atoms with Crippen molar-refractivity contribution in [3.63, 3.8) is 0 Å². The number of benzene rings is 1. The smallest absolute Gasteiger partial charge is 0.431 e. The summed E-state index contributed by atoms with van der Waals surface area (Å²) in [6, 6.07) is 7.52. The van der Waals surface area contributed by atoms with E-state index in [1.54, 1.807) is 6.20 Å². The van der Waals surface area contributed by atoms with Crippen LogP contribution < -0.4 is 4.74 Å². The maximum atomic E-state index is 12.3. The summed E-state index contributed by atoms with van der Waals surface area (Å²) in [6.45, 7) is 0.468. The van der Waals surface area contributed by atoms with Crippen LogP contribution in [0.1, 0.15) is 24.3 Å². The second-order valence-corrected chi connectivity index (χ2v) is 6.37. The van der Waals surface area contributed by atoms with Crippen molar-refractivity contribution < 1.29 is 27.5 Å². The average molecular weight is 372 g/mol. The maximum Gasteiger partial charge on any atom is 0.492 e. The summed E-state index contributed by atoms with van der Waals surface area (Å²) in [4.78, 5) is 19.4. The number of hydroxylamine groups is 2. The fraction of sp³-hybridized carbons (Fsp3) is 0.375. The summed E-state index contributed by atoms with van der Waals surface area (Å²) in [5.41, 5.74) is 0.972. The summed E-state index contributed by atoms with van der Waals surface area (Å²) in [5, 5.41) is 3.41. The number of halogens is 3. The van der Waals surface area contributed by atoms with E-state index in [-0.39, 0.29) is 19.0 Å². The van der Waals surface area contributed by atoms with Gasteiger partial charge in [0.1, 0.15) is 5.75 Å². The van der Waals surface area contributed by atoms with Crippen molar-refractivity contribution in [2.24, 2.45) is 0 Å². The van der Waals surface area contributed by atoms with Crippen LogP contribution in [-0.4, -0.2) is 35.3 Å². The van der Waals surface area contributed by atoms with Crippen molar-refractivity contribution in [1.29, 1.82) is 0 Å². The van der Waals surface area contributed by atoms with Gasteiger partial charge in [0, 0.05) is 24.7 Å². The number of aromatic nitrogens is 1. The zero-order valence-corrected chi connectivity index (χ0v) is 13.8. The Morgan fingerprint density at radius 2 is 1.96 bits per heavy atom. The second kappa shape index (κ2) is 7.40. The van der Waals surface area contributed by atoms with Gasteiger partial charge in [-0.15, -0.1) is 5.06 Å². The first-order chi connectivity index (χ1) is 11.9. The van der Waals surface area contributed by atoms with E-state index >= 15 is 0 Å². The van der Waals surface area contributed by atoms with Crippen LogP contribution in [0.3, 0.4) is 0 Å². The molecule has 1 fully saturated rings. The molecule has 1 saturated heterocycles. The summed E-state index contributed by atoms with van der Waals surface area (Å²) in [6.07, 6.45) is -2.21. The van der Waals surface area contributed by atoms with Gasteiger partial charge in [-0.1, -0.05) is 29.5 Å². The quantitative estimate of drug-likeness (QED) is 0.808. The predicted octanol–water partition coefficient (Wildman–Crippen LogP) is 4.14. The highest BCUT2D eigenvalue weighted by Gasteiger charge is 2.43. The Morgan fingerprint density at radius 1 is 1.24 bits per heavy atom. The molecule has 1 aliphatic rings. The van der Waals surface area contributed by atoms with E-state index in [0.29, 0.717) is 23.8 Å². The molecule has 0 unspecified atom stereocenters. The van der Waals surface area contributed by atoms with Gasteiger partial charge in [-0.2, -0.15) is 13.2 Å². The van der Waals surface area contributed by atoms with E-state index in [2.05, 4.69) is 9.82 Å². The number of hydrogen-bond acceptors (Lipinski definition) is 6. The molecule has 2 aromatic rings. The number of piperidine rings is 1. The molecule has 2 heterocycles. The Labute approximate surface area is 145 Å². The monoisotopic (exact) mass is 372 g/mol. The number of carbonyl (C=O) groups excluding carboxylic acids is 1. The molecule has 0 amide bonds. The summed E-state index contributed by atoms with van der Waals surface area (Å²) < 4.78 is 42.6. The third kappa shape index (κ3) is 4.49. The predicted molar refractivity (Wildman–Crippen MR) is 84.3 cm³/mol. The number of carbonyl (C=O) groups is 1. The number of hydrogen-bond donors (Lipinski definition) is 0. The summed E-state index contributed by atoms with van der Waals surface area (Å²) in [5.74, 6) is -1.39. The average Bonchev–Trinajstić information content (AvgIpc) is 3.08. The topological polar surface area (TPSA) is 51.7 Å². The van der Waals surface area contributed by atoms with Gasteiger partial charge in [0.05, 0.1) is 0 Å². The van der Waals surface area contributed by atoms with E-state index in [0.717, 1.165) is 10.6 Å². The highest BCUT2D eigenvalue weighted by atomic mass is 32.1. The fourth-order valence-corrected chi connectivity index (χ4v) is 3.19. The van der Waals surface area contributed by atoms with Gasteiger partial charge in [0.15, 0.2) is 0 Å². The minimum absolute atomic E-state index is 0.108. The van der Waals surface area contributed by atoms with Gasteiger partial charge < -0.3 is 9.57 Å². The molecule has 0 spiro atoms. The lowest BCUT2D eigenvalue weighted by Crippen LogP contribution is -2.39. The van der Waals surface area contributed by atoms with E-state index in [1.807, 2.05) is 29.6 Å². The van der Waals surface area contributed by atoms with Gasteiger partial charge in [0.2, 0.25) is 0 Å². The molecular formula is C16H15F3N2O3S. The molecule has 134 valence electrons. The number of para-hydroxylation sites is 1. The minimum atomic E-state index is -4.98. The fourth-order valence-electron chi connectivity index (χ4n) is 2.69. The molecule has 0 bridgehead atoms. The molecule has 9 heteroatoms. The number of rotatable bonds is 4. The Bertz CT molecular complexity index is 714. The molecule has 0 aliphatic carbocycles. The largest absolute Gasteiger partial charge is 0.492 e. The lowest BCUT2D eigenvalue weighted by molar-refractivity contribution is -0.241. The molecule has 1 aliphatic heterocycles. The van der Waals surface area contributed by atoms with Gasteiger partial charge >= 0.3 is 12.1 Å². The maximum absolute atomic E-state index is 12.3. The SMILES string of the molecule is O=C(ON1CCC(c2ccccc2Oc2nccs2)CC1)C(F)(F)F. The molecule has 1 aromatic carbocycles. The first kappa shape index (κ1) is 17.7. The number of nitrogens with zero attached hydrogens (tertiary/aromatic N) is 2. The third-order valence-electron chi connectivity index (χ3n) is 3.86. The van der Waals surface area contributed by atoms with Gasteiger partial charge in [-0.25, -0.2) is 9.78 Å². The van der Waals surface area contributed by atoms with Crippen LogP contribution in [-0.2, 0) is 9.63 Å². The molecule has 0 N–H and O–H groups in total. The molecule has 3 rings (SSSR count). The summed E-state index contributed by atoms with van der Waals surface area (Å²) >= 11 is 1.38. The molecular weight excluding hydrogens is 357 g/mol. The van der Waals surface area contributed by atoms with Crippen molar-refractivity contribution in [1.82, 2.24) is 10.0 Å². The molecule has 0 saturated carbocycles. The van der Waals surface area contributed by atoms with Crippen LogP contribution in [0.15, 0.2) is 35.8 Å². The molecule has 0 radical (unpaired) electrons. The van der Waals surface area contributed by atoms with Crippen LogP contribution in [0.25, 0.3) is 0 Å². The lowest BCUT2D eigenvalue weighted by atomic mass is 9.89. The van der Waals surface area contributed by atoms with E-state index in [1.165, 1.54) is 11.3 Å². The Hall–Kier alpha value is -2.13. The first-order valence-electron chi connectivity index (χ1n) is 7.64. The van der Waals surface area contributed by atoms with Gasteiger partial charge in [0.25, 0.3) is 5.19 Å². The Morgan fingerprint density at radius 3 is 2.60 bits per heavy atom. The standard InChI is InChI=1S/C16H15F3N2O3S/c17-16(18,19)14(22)24-21-8-5-11(6-9-21)12-3-1-2-4-13(12)23-15-20-7-10-25-15/h1-4,7,10-11H,5-6,8-9H2. The highest BCUT2D eigenvalue weighted by molar-refractivity contribution is 7.11. The van der Waals surface area contributed by atoms with Crippen molar-refractivity contribution in [3.05, 3.63) is 41.4 Å². The lowest BCUT2D eigenvalue weighted by Gasteiger charge is -2.31. The van der Waals surface area contributed by atoms with Crippen molar-refractivity contribution in [2.75, 3.05) is 13.1 Å². The van der Waals surface area contributed by atoms with Crippen LogP contribution in [0.5, 0.6) is 10.9 Å². The zero-order chi connectivity index (χ0) is 17.9. The van der Waals surface area contributed by atoms with Crippen molar-refractivity contribution in [3.8, 4) is 10.9 Å². The zero-order valence-electron chi connectivity index (χ0n) is 13.0. The van der Waals surface area contributed by atoms with Crippen LogP contribution in [0, 0.1) is 0 Å². The van der Waals surface area contributed by atoms with Gasteiger partial charge in [-0.05, 0) is 30.4 Å². The van der Waals surface area contributed by atoms with Crippen molar-refractivity contribution in [2.45, 2.75) is 24.9 Å². The number of thiazole rings is 1.